The first-order valence-corrected chi connectivity index (χ1v) is 6.40. The monoisotopic (exact) mass is 268 g/mol. The van der Waals surface area contributed by atoms with Crippen LogP contribution in [0.5, 0.6) is 0 Å². The molecular weight excluding hydrogens is 252 g/mol. The molecule has 2 heterocycles. The molecule has 3 N–H and O–H groups in total. The van der Waals surface area contributed by atoms with Crippen molar-refractivity contribution in [1.82, 2.24) is 19.7 Å². The number of pyridine rings is 1. The van der Waals surface area contributed by atoms with Crippen molar-refractivity contribution in [2.75, 3.05) is 11.1 Å². The zero-order valence-electron chi connectivity index (χ0n) is 11.4. The van der Waals surface area contributed by atoms with Gasteiger partial charge in [0, 0.05) is 18.1 Å². The second kappa shape index (κ2) is 4.80. The lowest BCUT2D eigenvalue weighted by atomic mass is 10.2. The molecule has 0 aliphatic rings. The molecule has 0 bridgehead atoms. The highest BCUT2D eigenvalue weighted by molar-refractivity contribution is 5.83. The SMILES string of the molecule is CC(Nc1ccc2cc(N)ccc2n1)c1nncn1C. The predicted octanol–water partition coefficient (Wildman–Crippen LogP) is 2.12. The topological polar surface area (TPSA) is 81.7 Å². The number of aromatic nitrogens is 4. The highest BCUT2D eigenvalue weighted by Crippen LogP contribution is 2.20. The maximum Gasteiger partial charge on any atom is 0.154 e. The number of hydrogen-bond acceptors (Lipinski definition) is 5. The summed E-state index contributed by atoms with van der Waals surface area (Å²) in [6.45, 7) is 2.03. The molecule has 0 saturated carbocycles. The molecule has 2 aromatic heterocycles. The zero-order chi connectivity index (χ0) is 14.1. The summed E-state index contributed by atoms with van der Waals surface area (Å²) in [5.41, 5.74) is 7.42. The minimum atomic E-state index is 0.0289. The second-order valence-corrected chi connectivity index (χ2v) is 4.81. The van der Waals surface area contributed by atoms with E-state index in [0.29, 0.717) is 0 Å². The fraction of sp³-hybridized carbons (Fsp3) is 0.214. The van der Waals surface area contributed by atoms with E-state index in [4.69, 9.17) is 5.73 Å². The maximum absolute atomic E-state index is 5.76. The average Bonchev–Trinajstić information content (AvgIpc) is 2.85. The van der Waals surface area contributed by atoms with Crippen LogP contribution in [0.4, 0.5) is 11.5 Å². The third-order valence-electron chi connectivity index (χ3n) is 3.21. The van der Waals surface area contributed by atoms with Gasteiger partial charge in [-0.25, -0.2) is 4.98 Å². The van der Waals surface area contributed by atoms with Crippen molar-refractivity contribution >= 4 is 22.4 Å². The summed E-state index contributed by atoms with van der Waals surface area (Å²) in [5, 5.41) is 12.3. The molecule has 6 nitrogen and oxygen atoms in total. The van der Waals surface area contributed by atoms with Gasteiger partial charge >= 0.3 is 0 Å². The van der Waals surface area contributed by atoms with E-state index in [1.165, 1.54) is 0 Å². The first-order valence-electron chi connectivity index (χ1n) is 6.40. The molecule has 1 unspecified atom stereocenters. The van der Waals surface area contributed by atoms with Gasteiger partial charge < -0.3 is 15.6 Å². The van der Waals surface area contributed by atoms with Crippen molar-refractivity contribution < 1.29 is 0 Å². The number of nitrogens with zero attached hydrogens (tertiary/aromatic N) is 4. The summed E-state index contributed by atoms with van der Waals surface area (Å²) >= 11 is 0. The highest BCUT2D eigenvalue weighted by atomic mass is 15.3. The van der Waals surface area contributed by atoms with E-state index in [9.17, 15) is 0 Å². The van der Waals surface area contributed by atoms with Crippen molar-refractivity contribution in [3.63, 3.8) is 0 Å². The first-order chi connectivity index (χ1) is 9.63. The Bertz CT molecular complexity index is 748. The van der Waals surface area contributed by atoms with Crippen molar-refractivity contribution in [3.05, 3.63) is 42.5 Å². The van der Waals surface area contributed by atoms with Gasteiger partial charge in [0.25, 0.3) is 0 Å². The predicted molar refractivity (Wildman–Crippen MR) is 79.2 cm³/mol. The molecule has 102 valence electrons. The van der Waals surface area contributed by atoms with Crippen molar-refractivity contribution in [1.29, 1.82) is 0 Å². The molecule has 0 saturated heterocycles. The minimum Gasteiger partial charge on any atom is -0.399 e. The van der Waals surface area contributed by atoms with Crippen LogP contribution in [0.3, 0.4) is 0 Å². The number of aryl methyl sites for hydroxylation is 1. The summed E-state index contributed by atoms with van der Waals surface area (Å²) in [6.07, 6.45) is 1.68. The standard InChI is InChI=1S/C14H16N6/c1-9(14-19-16-8-20(14)2)17-13-6-3-10-7-11(15)4-5-12(10)18-13/h3-9H,15H2,1-2H3,(H,17,18). The number of nitrogens with one attached hydrogen (secondary N) is 1. The number of nitrogen functional groups attached to an aromatic ring is 1. The molecule has 1 atom stereocenters. The molecule has 0 fully saturated rings. The lowest BCUT2D eigenvalue weighted by molar-refractivity contribution is 0.717. The van der Waals surface area contributed by atoms with Gasteiger partial charge in [0.05, 0.1) is 11.6 Å². The molecule has 0 aliphatic carbocycles. The van der Waals surface area contributed by atoms with Gasteiger partial charge in [-0.3, -0.25) is 0 Å². The van der Waals surface area contributed by atoms with Gasteiger partial charge in [0.1, 0.15) is 12.1 Å². The van der Waals surface area contributed by atoms with Gasteiger partial charge in [0.2, 0.25) is 0 Å². The number of nitrogens with two attached hydrogens (primary N) is 1. The van der Waals surface area contributed by atoms with Gasteiger partial charge in [-0.15, -0.1) is 10.2 Å². The average molecular weight is 268 g/mol. The molecule has 6 heteroatoms. The van der Waals surface area contributed by atoms with E-state index in [2.05, 4.69) is 20.5 Å². The lowest BCUT2D eigenvalue weighted by Gasteiger charge is -2.14. The molecule has 0 aliphatic heterocycles. The molecule has 20 heavy (non-hydrogen) atoms. The summed E-state index contributed by atoms with van der Waals surface area (Å²) in [5.74, 6) is 1.67. The van der Waals surface area contributed by atoms with E-state index in [-0.39, 0.29) is 6.04 Å². The van der Waals surface area contributed by atoms with E-state index in [1.807, 2.05) is 48.9 Å². The van der Waals surface area contributed by atoms with Crippen LogP contribution < -0.4 is 11.1 Å². The fourth-order valence-electron chi connectivity index (χ4n) is 2.20. The highest BCUT2D eigenvalue weighted by Gasteiger charge is 2.11. The maximum atomic E-state index is 5.76. The Morgan fingerprint density at radius 3 is 2.85 bits per heavy atom. The molecule has 1 aromatic carbocycles. The van der Waals surface area contributed by atoms with Gasteiger partial charge in [0.15, 0.2) is 5.82 Å². The van der Waals surface area contributed by atoms with Gasteiger partial charge in [-0.2, -0.15) is 0 Å². The Kier molecular flexibility index (Phi) is 2.98. The Balaban J connectivity index is 1.88. The Morgan fingerprint density at radius 1 is 1.25 bits per heavy atom. The number of benzene rings is 1. The van der Waals surface area contributed by atoms with Crippen LogP contribution in [0, 0.1) is 0 Å². The van der Waals surface area contributed by atoms with E-state index >= 15 is 0 Å². The Hall–Kier alpha value is -2.63. The van der Waals surface area contributed by atoms with Gasteiger partial charge in [-0.05, 0) is 37.3 Å². The summed E-state index contributed by atoms with van der Waals surface area (Å²) in [6, 6.07) is 9.66. The van der Waals surface area contributed by atoms with Crippen LogP contribution in [0.1, 0.15) is 18.8 Å². The summed E-state index contributed by atoms with van der Waals surface area (Å²) < 4.78 is 1.89. The molecule has 0 radical (unpaired) electrons. The summed E-state index contributed by atoms with van der Waals surface area (Å²) in [4.78, 5) is 4.57. The van der Waals surface area contributed by atoms with Crippen molar-refractivity contribution in [3.8, 4) is 0 Å². The third kappa shape index (κ3) is 2.27. The van der Waals surface area contributed by atoms with E-state index in [0.717, 1.165) is 28.2 Å². The lowest BCUT2D eigenvalue weighted by Crippen LogP contribution is -2.12. The second-order valence-electron chi connectivity index (χ2n) is 4.81. The first kappa shape index (κ1) is 12.4. The van der Waals surface area contributed by atoms with Crippen LogP contribution in [0.2, 0.25) is 0 Å². The van der Waals surface area contributed by atoms with Crippen LogP contribution in [0.25, 0.3) is 10.9 Å². The molecular formula is C14H16N6. The van der Waals surface area contributed by atoms with Crippen LogP contribution in [0.15, 0.2) is 36.7 Å². The largest absolute Gasteiger partial charge is 0.399 e. The normalized spacial score (nSPS) is 12.5. The fourth-order valence-corrected chi connectivity index (χ4v) is 2.20. The smallest absolute Gasteiger partial charge is 0.154 e. The molecule has 0 spiro atoms. The van der Waals surface area contributed by atoms with Crippen LogP contribution in [-0.2, 0) is 7.05 Å². The Morgan fingerprint density at radius 2 is 2.10 bits per heavy atom. The van der Waals surface area contributed by atoms with Crippen molar-refractivity contribution in [2.45, 2.75) is 13.0 Å². The van der Waals surface area contributed by atoms with Crippen LogP contribution >= 0.6 is 0 Å². The molecule has 3 aromatic rings. The zero-order valence-corrected chi connectivity index (χ0v) is 11.4. The number of fused-ring (bicyclic) bond motifs is 1. The van der Waals surface area contributed by atoms with Crippen LogP contribution in [-0.4, -0.2) is 19.7 Å². The van der Waals surface area contributed by atoms with Gasteiger partial charge in [-0.1, -0.05) is 0 Å². The van der Waals surface area contributed by atoms with E-state index in [1.54, 1.807) is 6.33 Å². The number of rotatable bonds is 3. The quantitative estimate of drug-likeness (QED) is 0.711. The minimum absolute atomic E-state index is 0.0289. The molecule has 0 amide bonds. The number of hydrogen-bond donors (Lipinski definition) is 2. The molecule has 3 rings (SSSR count). The Labute approximate surface area is 116 Å². The van der Waals surface area contributed by atoms with Crippen molar-refractivity contribution in [2.24, 2.45) is 7.05 Å². The summed E-state index contributed by atoms with van der Waals surface area (Å²) in [7, 11) is 1.92. The number of anilines is 2. The third-order valence-corrected chi connectivity index (χ3v) is 3.21. The van der Waals surface area contributed by atoms with E-state index < -0.39 is 0 Å².